The van der Waals surface area contributed by atoms with Crippen LogP contribution in [0, 0.1) is 11.8 Å². The summed E-state index contributed by atoms with van der Waals surface area (Å²) in [5, 5.41) is 0. The average molecular weight is 652 g/mol. The SMILES string of the molecule is C/C=C(/OC)C(OC(C)=O)C1c2cc3c(cc2CCN(CCC)C1C)OCO3.CC.CC(C)(C#CCOC=O)OCc1ccccc1. The van der Waals surface area contributed by atoms with E-state index in [9.17, 15) is 9.59 Å². The minimum absolute atomic E-state index is 0.0754. The fraction of sp³-hybridized carbons (Fsp3) is 0.526. The summed E-state index contributed by atoms with van der Waals surface area (Å²) in [6.07, 6.45) is 3.36. The lowest BCUT2D eigenvalue weighted by atomic mass is 9.83. The Labute approximate surface area is 281 Å². The van der Waals surface area contributed by atoms with Gasteiger partial charge >= 0.3 is 5.97 Å². The van der Waals surface area contributed by atoms with Crippen molar-refractivity contribution in [3.63, 3.8) is 0 Å². The molecule has 258 valence electrons. The average Bonchev–Trinajstić information content (AvgIpc) is 3.48. The van der Waals surface area contributed by atoms with Gasteiger partial charge in [-0.15, -0.1) is 0 Å². The molecule has 4 rings (SSSR count). The van der Waals surface area contributed by atoms with Crippen molar-refractivity contribution in [1.29, 1.82) is 0 Å². The Morgan fingerprint density at radius 1 is 1.15 bits per heavy atom. The van der Waals surface area contributed by atoms with Crippen molar-refractivity contribution in [3.8, 4) is 23.3 Å². The standard InChI is InChI=1S/C22H31NO5.C14H16O3.C2H6/c1-6-9-23-10-8-16-11-19-20(27-13-26-19)12-17(16)21(14(23)3)22(28-15(4)24)18(7-2)25-5;1-14(2,9-6-10-16-12-15)17-11-13-7-4-3-5-8-13;1-2/h7,11-12,14,21-22H,6,8-10,13H2,1-5H3;3-5,7-8,12H,10-11H2,1-2H3;1-2H3/b18-7+;;. The number of benzene rings is 2. The van der Waals surface area contributed by atoms with Gasteiger partial charge < -0.3 is 28.4 Å². The van der Waals surface area contributed by atoms with Crippen LogP contribution in [0.3, 0.4) is 0 Å². The molecular weight excluding hydrogens is 598 g/mol. The first-order chi connectivity index (χ1) is 22.6. The minimum atomic E-state index is -0.553. The maximum Gasteiger partial charge on any atom is 0.303 e. The second-order valence-corrected chi connectivity index (χ2v) is 11.4. The molecule has 0 fully saturated rings. The fourth-order valence-corrected chi connectivity index (χ4v) is 5.58. The Morgan fingerprint density at radius 3 is 2.43 bits per heavy atom. The van der Waals surface area contributed by atoms with Gasteiger partial charge in [0.15, 0.2) is 24.2 Å². The van der Waals surface area contributed by atoms with E-state index in [1.165, 1.54) is 12.5 Å². The first kappa shape index (κ1) is 39.2. The zero-order chi connectivity index (χ0) is 34.8. The molecule has 9 heteroatoms. The van der Waals surface area contributed by atoms with Crippen molar-refractivity contribution in [2.45, 2.75) is 98.5 Å². The lowest BCUT2D eigenvalue weighted by Gasteiger charge is -2.37. The van der Waals surface area contributed by atoms with Crippen LogP contribution in [0.2, 0.25) is 0 Å². The topological polar surface area (TPSA) is 92.8 Å². The molecule has 3 atom stereocenters. The van der Waals surface area contributed by atoms with Crippen molar-refractivity contribution in [1.82, 2.24) is 4.90 Å². The Morgan fingerprint density at radius 2 is 1.83 bits per heavy atom. The number of fused-ring (bicyclic) bond motifs is 2. The molecule has 9 nitrogen and oxygen atoms in total. The van der Waals surface area contributed by atoms with Crippen LogP contribution in [-0.4, -0.2) is 68.7 Å². The van der Waals surface area contributed by atoms with E-state index >= 15 is 0 Å². The summed E-state index contributed by atoms with van der Waals surface area (Å²) in [7, 11) is 1.62. The van der Waals surface area contributed by atoms with Crippen molar-refractivity contribution in [2.24, 2.45) is 0 Å². The summed E-state index contributed by atoms with van der Waals surface area (Å²) >= 11 is 0. The molecule has 0 saturated carbocycles. The third kappa shape index (κ3) is 11.9. The highest BCUT2D eigenvalue weighted by atomic mass is 16.7. The Hall–Kier alpha value is -4.00. The van der Waals surface area contributed by atoms with Gasteiger partial charge in [0.25, 0.3) is 6.47 Å². The van der Waals surface area contributed by atoms with Crippen molar-refractivity contribution in [3.05, 3.63) is 71.0 Å². The number of carbonyl (C=O) groups is 2. The second kappa shape index (κ2) is 20.3. The number of allylic oxidation sites excluding steroid dienone is 1. The maximum atomic E-state index is 12.0. The van der Waals surface area contributed by atoms with Gasteiger partial charge in [0.05, 0.1) is 13.7 Å². The largest absolute Gasteiger partial charge is 0.497 e. The number of carbonyl (C=O) groups excluding carboxylic acids is 2. The van der Waals surface area contributed by atoms with E-state index in [1.807, 2.05) is 71.0 Å². The van der Waals surface area contributed by atoms with Crippen LogP contribution in [0.1, 0.15) is 84.4 Å². The van der Waals surface area contributed by atoms with Crippen LogP contribution in [0.4, 0.5) is 0 Å². The number of esters is 1. The van der Waals surface area contributed by atoms with Gasteiger partial charge in [0, 0.05) is 25.4 Å². The van der Waals surface area contributed by atoms with Crippen LogP contribution in [-0.2, 0) is 41.6 Å². The van der Waals surface area contributed by atoms with Gasteiger partial charge in [-0.25, -0.2) is 0 Å². The van der Waals surface area contributed by atoms with Crippen molar-refractivity contribution >= 4 is 12.4 Å². The molecule has 3 unspecified atom stereocenters. The Balaban J connectivity index is 0.000000347. The molecule has 2 aliphatic rings. The molecule has 2 aromatic carbocycles. The van der Waals surface area contributed by atoms with E-state index < -0.39 is 11.7 Å². The molecule has 47 heavy (non-hydrogen) atoms. The van der Waals surface area contributed by atoms with Gasteiger partial charge in [-0.2, -0.15) is 0 Å². The number of hydrogen-bond acceptors (Lipinski definition) is 9. The summed E-state index contributed by atoms with van der Waals surface area (Å²) in [5.74, 6) is 7.45. The highest BCUT2D eigenvalue weighted by molar-refractivity contribution is 5.66. The number of nitrogens with zero attached hydrogens (tertiary/aromatic N) is 1. The van der Waals surface area contributed by atoms with Gasteiger partial charge in [0.1, 0.15) is 11.4 Å². The van der Waals surface area contributed by atoms with Gasteiger partial charge in [-0.05, 0) is 82.0 Å². The molecular formula is C38H53NO8. The molecule has 0 spiro atoms. The molecule has 2 heterocycles. The Bertz CT molecular complexity index is 1340. The second-order valence-electron chi connectivity index (χ2n) is 11.4. The van der Waals surface area contributed by atoms with Gasteiger partial charge in [-0.1, -0.05) is 62.9 Å². The van der Waals surface area contributed by atoms with Crippen molar-refractivity contribution < 1.29 is 38.0 Å². The van der Waals surface area contributed by atoms with Crippen molar-refractivity contribution in [2.75, 3.05) is 33.6 Å². The number of rotatable bonds is 11. The first-order valence-corrected chi connectivity index (χ1v) is 16.4. The molecule has 0 aromatic heterocycles. The van der Waals surface area contributed by atoms with E-state index in [0.29, 0.717) is 18.8 Å². The first-order valence-electron chi connectivity index (χ1n) is 16.4. The summed E-state index contributed by atoms with van der Waals surface area (Å²) < 4.78 is 32.9. The molecule has 0 saturated heterocycles. The Kier molecular flexibility index (Phi) is 16.9. The van der Waals surface area contributed by atoms with Crippen LogP contribution in [0.25, 0.3) is 0 Å². The molecule has 0 radical (unpaired) electrons. The van der Waals surface area contributed by atoms with E-state index in [-0.39, 0.29) is 31.3 Å². The van der Waals surface area contributed by atoms with Crippen LogP contribution < -0.4 is 9.47 Å². The predicted octanol–water partition coefficient (Wildman–Crippen LogP) is 6.82. The molecule has 0 aliphatic carbocycles. The highest BCUT2D eigenvalue weighted by Crippen LogP contribution is 2.43. The number of methoxy groups -OCH3 is 1. The van der Waals surface area contributed by atoms with Crippen LogP contribution in [0.5, 0.6) is 11.5 Å². The van der Waals surface area contributed by atoms with Gasteiger partial charge in [0.2, 0.25) is 6.79 Å². The molecule has 0 bridgehead atoms. The molecule has 0 N–H and O–H groups in total. The lowest BCUT2D eigenvalue weighted by Crippen LogP contribution is -2.43. The van der Waals surface area contributed by atoms with Gasteiger partial charge in [-0.3, -0.25) is 14.5 Å². The third-order valence-electron chi connectivity index (χ3n) is 7.74. The normalized spacial score (nSPS) is 17.5. The lowest BCUT2D eigenvalue weighted by molar-refractivity contribution is -0.148. The zero-order valence-corrected chi connectivity index (χ0v) is 29.6. The fourth-order valence-electron chi connectivity index (χ4n) is 5.58. The van der Waals surface area contributed by atoms with E-state index in [4.69, 9.17) is 23.7 Å². The minimum Gasteiger partial charge on any atom is -0.497 e. The number of ether oxygens (including phenoxy) is 6. The quantitative estimate of drug-likeness (QED) is 0.0853. The smallest absolute Gasteiger partial charge is 0.303 e. The predicted molar refractivity (Wildman–Crippen MR) is 183 cm³/mol. The van der Waals surface area contributed by atoms with Crippen LogP contribution in [0.15, 0.2) is 54.3 Å². The monoisotopic (exact) mass is 651 g/mol. The zero-order valence-electron chi connectivity index (χ0n) is 29.6. The molecule has 0 amide bonds. The van der Waals surface area contributed by atoms with E-state index in [0.717, 1.165) is 48.6 Å². The summed E-state index contributed by atoms with van der Waals surface area (Å²) in [5.41, 5.74) is 2.90. The number of hydrogen-bond donors (Lipinski definition) is 0. The highest BCUT2D eigenvalue weighted by Gasteiger charge is 2.40. The molecule has 2 aromatic rings. The van der Waals surface area contributed by atoms with Crippen LogP contribution >= 0.6 is 0 Å². The molecule has 2 aliphatic heterocycles. The van der Waals surface area contributed by atoms with E-state index in [1.54, 1.807) is 7.11 Å². The maximum absolute atomic E-state index is 12.0. The third-order valence-corrected chi connectivity index (χ3v) is 7.74. The summed E-state index contributed by atoms with van der Waals surface area (Å²) in [6, 6.07) is 14.2. The van der Waals surface area contributed by atoms with E-state index in [2.05, 4.69) is 47.5 Å². The summed E-state index contributed by atoms with van der Waals surface area (Å²) in [6.45, 7) is 18.7. The summed E-state index contributed by atoms with van der Waals surface area (Å²) in [4.78, 5) is 24.4.